The zero-order valence-corrected chi connectivity index (χ0v) is 10.9. The van der Waals surface area contributed by atoms with Gasteiger partial charge in [0.25, 0.3) is 0 Å². The number of aromatic nitrogens is 3. The molecule has 0 radical (unpaired) electrons. The van der Waals surface area contributed by atoms with E-state index in [0.717, 1.165) is 17.1 Å². The van der Waals surface area contributed by atoms with E-state index in [4.69, 9.17) is 4.52 Å². The summed E-state index contributed by atoms with van der Waals surface area (Å²) in [5.41, 5.74) is 2.84. The van der Waals surface area contributed by atoms with Crippen molar-refractivity contribution in [1.29, 1.82) is 0 Å². The molecule has 6 heteroatoms. The molecule has 3 rings (SSSR count). The molecule has 0 aliphatic carbocycles. The van der Waals surface area contributed by atoms with Gasteiger partial charge in [-0.05, 0) is 12.1 Å². The molecule has 0 aliphatic heterocycles. The predicted molar refractivity (Wildman–Crippen MR) is 74.0 cm³/mol. The van der Waals surface area contributed by atoms with E-state index in [0.29, 0.717) is 18.1 Å². The Balaban J connectivity index is 1.56. The molecule has 96 valence electrons. The first-order valence-corrected chi connectivity index (χ1v) is 6.80. The largest absolute Gasteiger partial charge is 0.385 e. The molecule has 0 amide bonds. The molecule has 3 aromatic rings. The molecule has 2 heterocycles. The number of thiazole rings is 1. The number of nitrogens with one attached hydrogen (secondary N) is 1. The van der Waals surface area contributed by atoms with Crippen LogP contribution in [0.3, 0.4) is 0 Å². The fourth-order valence-corrected chi connectivity index (χ4v) is 2.20. The van der Waals surface area contributed by atoms with Crippen LogP contribution in [0.2, 0.25) is 0 Å². The lowest BCUT2D eigenvalue weighted by atomic mass is 10.3. The van der Waals surface area contributed by atoms with E-state index in [2.05, 4.69) is 20.4 Å². The van der Waals surface area contributed by atoms with Crippen LogP contribution >= 0.6 is 11.3 Å². The van der Waals surface area contributed by atoms with Crippen molar-refractivity contribution in [2.75, 3.05) is 11.9 Å². The highest BCUT2D eigenvalue weighted by Gasteiger charge is 2.09. The van der Waals surface area contributed by atoms with Crippen molar-refractivity contribution in [3.05, 3.63) is 47.9 Å². The molecule has 1 N–H and O–H groups in total. The van der Waals surface area contributed by atoms with Crippen LogP contribution in [0.4, 0.5) is 5.69 Å². The minimum absolute atomic E-state index is 0.609. The molecule has 0 fully saturated rings. The van der Waals surface area contributed by atoms with Crippen LogP contribution in [0.25, 0.3) is 10.7 Å². The minimum Gasteiger partial charge on any atom is -0.385 e. The summed E-state index contributed by atoms with van der Waals surface area (Å²) in [5.74, 6) is 1.24. The van der Waals surface area contributed by atoms with Crippen LogP contribution in [-0.4, -0.2) is 21.7 Å². The van der Waals surface area contributed by atoms with Crippen LogP contribution in [0.15, 0.2) is 46.6 Å². The van der Waals surface area contributed by atoms with Gasteiger partial charge in [-0.25, -0.2) is 0 Å². The zero-order valence-electron chi connectivity index (χ0n) is 10.1. The second-order valence-corrected chi connectivity index (χ2v) is 4.81. The molecule has 2 aromatic heterocycles. The van der Waals surface area contributed by atoms with E-state index in [1.165, 1.54) is 11.3 Å². The van der Waals surface area contributed by atoms with Crippen molar-refractivity contribution in [2.24, 2.45) is 0 Å². The van der Waals surface area contributed by atoms with Crippen molar-refractivity contribution >= 4 is 17.0 Å². The second kappa shape index (κ2) is 5.62. The van der Waals surface area contributed by atoms with Gasteiger partial charge in [0.05, 0.1) is 10.4 Å². The summed E-state index contributed by atoms with van der Waals surface area (Å²) >= 11 is 1.50. The Morgan fingerprint density at radius 3 is 2.89 bits per heavy atom. The molecule has 0 spiro atoms. The minimum atomic E-state index is 0.609. The highest BCUT2D eigenvalue weighted by molar-refractivity contribution is 7.13. The molecule has 0 saturated heterocycles. The fourth-order valence-electron chi connectivity index (χ4n) is 1.65. The van der Waals surface area contributed by atoms with E-state index in [-0.39, 0.29) is 0 Å². The molecule has 19 heavy (non-hydrogen) atoms. The zero-order chi connectivity index (χ0) is 12.9. The van der Waals surface area contributed by atoms with E-state index in [1.807, 2.05) is 30.3 Å². The summed E-state index contributed by atoms with van der Waals surface area (Å²) in [4.78, 5) is 9.25. The number of hydrogen-bond donors (Lipinski definition) is 1. The van der Waals surface area contributed by atoms with Crippen LogP contribution in [0, 0.1) is 0 Å². The summed E-state index contributed by atoms with van der Waals surface area (Å²) in [5, 5.41) is 7.24. The second-order valence-electron chi connectivity index (χ2n) is 3.92. The van der Waals surface area contributed by atoms with Crippen LogP contribution in [-0.2, 0) is 6.42 Å². The lowest BCUT2D eigenvalue weighted by Crippen LogP contribution is -2.04. The SMILES string of the molecule is c1ccc(NCCc2nc(-c3cncs3)no2)cc1. The standard InChI is InChI=1S/C13H12N4OS/c1-2-4-10(5-3-1)15-7-6-12-16-13(17-18-12)11-8-14-9-19-11/h1-5,8-9,15H,6-7H2. The van der Waals surface area contributed by atoms with Crippen LogP contribution in [0.5, 0.6) is 0 Å². The van der Waals surface area contributed by atoms with Crippen molar-refractivity contribution in [3.63, 3.8) is 0 Å². The number of hydrogen-bond acceptors (Lipinski definition) is 6. The average molecular weight is 272 g/mol. The van der Waals surface area contributed by atoms with Gasteiger partial charge in [-0.3, -0.25) is 4.98 Å². The van der Waals surface area contributed by atoms with Gasteiger partial charge in [0, 0.05) is 24.8 Å². The summed E-state index contributed by atoms with van der Waals surface area (Å²) in [7, 11) is 0. The van der Waals surface area contributed by atoms with E-state index >= 15 is 0 Å². The monoisotopic (exact) mass is 272 g/mol. The third-order valence-corrected chi connectivity index (χ3v) is 3.33. The summed E-state index contributed by atoms with van der Waals surface area (Å²) in [6.45, 7) is 0.758. The Hall–Kier alpha value is -2.21. The molecule has 0 aliphatic rings. The highest BCUT2D eigenvalue weighted by Crippen LogP contribution is 2.19. The maximum Gasteiger partial charge on any atom is 0.228 e. The highest BCUT2D eigenvalue weighted by atomic mass is 32.1. The van der Waals surface area contributed by atoms with Gasteiger partial charge in [-0.2, -0.15) is 4.98 Å². The van der Waals surface area contributed by atoms with Gasteiger partial charge in [-0.1, -0.05) is 23.4 Å². The number of benzene rings is 1. The lowest BCUT2D eigenvalue weighted by molar-refractivity contribution is 0.381. The van der Waals surface area contributed by atoms with Gasteiger partial charge in [0.15, 0.2) is 0 Å². The average Bonchev–Trinajstić information content (AvgIpc) is 3.10. The molecule has 5 nitrogen and oxygen atoms in total. The molecular formula is C13H12N4OS. The first kappa shape index (κ1) is 11.9. The third kappa shape index (κ3) is 2.97. The predicted octanol–water partition coefficient (Wildman–Crippen LogP) is 2.85. The van der Waals surface area contributed by atoms with E-state index in [9.17, 15) is 0 Å². The van der Waals surface area contributed by atoms with Crippen molar-refractivity contribution in [1.82, 2.24) is 15.1 Å². The first-order chi connectivity index (χ1) is 9.42. The van der Waals surface area contributed by atoms with E-state index in [1.54, 1.807) is 11.7 Å². The quantitative estimate of drug-likeness (QED) is 0.773. The summed E-state index contributed by atoms with van der Waals surface area (Å²) in [6, 6.07) is 10.0. The first-order valence-electron chi connectivity index (χ1n) is 5.92. The summed E-state index contributed by atoms with van der Waals surface area (Å²) < 4.78 is 5.20. The number of rotatable bonds is 5. The van der Waals surface area contributed by atoms with Gasteiger partial charge < -0.3 is 9.84 Å². The third-order valence-electron chi connectivity index (χ3n) is 2.56. The van der Waals surface area contributed by atoms with Crippen LogP contribution in [0.1, 0.15) is 5.89 Å². The van der Waals surface area contributed by atoms with Crippen molar-refractivity contribution in [2.45, 2.75) is 6.42 Å². The molecular weight excluding hydrogens is 260 g/mol. The fraction of sp³-hybridized carbons (Fsp3) is 0.154. The normalized spacial score (nSPS) is 10.5. The van der Waals surface area contributed by atoms with Crippen molar-refractivity contribution in [3.8, 4) is 10.7 Å². The number of anilines is 1. The number of para-hydroxylation sites is 1. The molecule has 0 saturated carbocycles. The van der Waals surface area contributed by atoms with Crippen LogP contribution < -0.4 is 5.32 Å². The smallest absolute Gasteiger partial charge is 0.228 e. The topological polar surface area (TPSA) is 63.8 Å². The molecule has 0 unspecified atom stereocenters. The van der Waals surface area contributed by atoms with Gasteiger partial charge >= 0.3 is 0 Å². The van der Waals surface area contributed by atoms with Gasteiger partial charge in [0.1, 0.15) is 0 Å². The summed E-state index contributed by atoms with van der Waals surface area (Å²) in [6.07, 6.45) is 2.43. The Labute approximate surface area is 114 Å². The van der Waals surface area contributed by atoms with E-state index < -0.39 is 0 Å². The molecule has 1 aromatic carbocycles. The Bertz CT molecular complexity index is 621. The Morgan fingerprint density at radius 1 is 1.21 bits per heavy atom. The Morgan fingerprint density at radius 2 is 2.11 bits per heavy atom. The molecule has 0 atom stereocenters. The van der Waals surface area contributed by atoms with Gasteiger partial charge in [0.2, 0.25) is 11.7 Å². The molecule has 0 bridgehead atoms. The maximum absolute atomic E-state index is 5.20. The Kier molecular flexibility index (Phi) is 3.51. The van der Waals surface area contributed by atoms with Crippen molar-refractivity contribution < 1.29 is 4.52 Å². The lowest BCUT2D eigenvalue weighted by Gasteiger charge is -2.02. The van der Waals surface area contributed by atoms with Gasteiger partial charge in [-0.15, -0.1) is 11.3 Å². The number of nitrogens with zero attached hydrogens (tertiary/aromatic N) is 3. The maximum atomic E-state index is 5.20.